The Balaban J connectivity index is 4.95. The number of ether oxygens (including phenoxy) is 1. The highest BCUT2D eigenvalue weighted by Gasteiger charge is 2.34. The van der Waals surface area contributed by atoms with Crippen LogP contribution in [0.25, 0.3) is 0 Å². The molecule has 0 aliphatic heterocycles. The van der Waals surface area contributed by atoms with Crippen LogP contribution in [0.15, 0.2) is 5.57 Å². The van der Waals surface area contributed by atoms with Gasteiger partial charge in [0.15, 0.2) is 8.32 Å². The molecule has 0 aromatic rings. The predicted molar refractivity (Wildman–Crippen MR) is 73.8 cm³/mol. The molecule has 0 N–H and O–H groups in total. The van der Waals surface area contributed by atoms with Crippen LogP contribution in [-0.2, 0) is 18.8 Å². The van der Waals surface area contributed by atoms with E-state index < -0.39 is 8.32 Å². The monoisotopic (exact) mass is 272 g/mol. The Kier molecular flexibility index (Phi) is 8.84. The summed E-state index contributed by atoms with van der Waals surface area (Å²) in [4.78, 5) is 21.8. The highest BCUT2D eigenvalue weighted by molar-refractivity contribution is 6.75. The van der Waals surface area contributed by atoms with Gasteiger partial charge in [0.05, 0.1) is 18.3 Å². The van der Waals surface area contributed by atoms with Crippen LogP contribution in [0.3, 0.4) is 0 Å². The van der Waals surface area contributed by atoms with Crippen molar-refractivity contribution in [2.45, 2.75) is 51.4 Å². The fourth-order valence-electron chi connectivity index (χ4n) is 1.95. The highest BCUT2D eigenvalue weighted by atomic mass is 28.4. The Hall–Kier alpha value is -0.743. The van der Waals surface area contributed by atoms with E-state index in [-0.39, 0.29) is 12.7 Å². The molecular formula is C13H24O4Si. The molecule has 1 unspecified atom stereocenters. The Bertz CT molecular complexity index is 293. The first-order chi connectivity index (χ1) is 8.62. The Morgan fingerprint density at radius 3 is 2.28 bits per heavy atom. The largest absolute Gasteiger partial charge is 0.409 e. The van der Waals surface area contributed by atoms with Crippen molar-refractivity contribution in [2.24, 2.45) is 0 Å². The molecule has 104 valence electrons. The summed E-state index contributed by atoms with van der Waals surface area (Å²) in [6.07, 6.45) is 1.36. The van der Waals surface area contributed by atoms with Gasteiger partial charge in [-0.2, -0.15) is 0 Å². The molecule has 0 bridgehead atoms. The molecule has 0 fully saturated rings. The van der Waals surface area contributed by atoms with Gasteiger partial charge in [0, 0.05) is 13.2 Å². The summed E-state index contributed by atoms with van der Waals surface area (Å²) in [5.41, 5.74) is 0.504. The summed E-state index contributed by atoms with van der Waals surface area (Å²) in [6, 6.07) is 2.23. The number of hydrogen-bond acceptors (Lipinski definition) is 4. The minimum atomic E-state index is -2.06. The summed E-state index contributed by atoms with van der Waals surface area (Å²) in [5.74, 6) is 1.92. The SMILES string of the molecule is CCC(O[Si](CC)(CC)CC=O)C(=C=O)COC. The zero-order chi connectivity index (χ0) is 14.0. The molecule has 0 aliphatic rings. The number of carbonyl (C=O) groups excluding carboxylic acids is 2. The molecular weight excluding hydrogens is 248 g/mol. The molecule has 0 saturated carbocycles. The second-order valence-corrected chi connectivity index (χ2v) is 8.76. The third-order valence-corrected chi connectivity index (χ3v) is 7.60. The first kappa shape index (κ1) is 17.3. The standard InChI is InChI=1S/C13H24O4Si/c1-5-13(12(10-15)11-16-4)17-18(6-2,7-3)9-8-14/h8,13H,5-7,9,11H2,1-4H3. The van der Waals surface area contributed by atoms with Gasteiger partial charge in [-0.05, 0) is 18.5 Å². The maximum absolute atomic E-state index is 10.9. The molecule has 4 nitrogen and oxygen atoms in total. The zero-order valence-corrected chi connectivity index (χ0v) is 12.8. The van der Waals surface area contributed by atoms with E-state index in [2.05, 4.69) is 0 Å². The van der Waals surface area contributed by atoms with Crippen molar-refractivity contribution in [1.82, 2.24) is 0 Å². The van der Waals surface area contributed by atoms with Crippen LogP contribution < -0.4 is 0 Å². The fraction of sp³-hybridized carbons (Fsp3) is 0.769. The van der Waals surface area contributed by atoms with Crippen LogP contribution in [0.4, 0.5) is 0 Å². The molecule has 18 heavy (non-hydrogen) atoms. The molecule has 0 amide bonds. The lowest BCUT2D eigenvalue weighted by Gasteiger charge is -2.32. The zero-order valence-electron chi connectivity index (χ0n) is 11.8. The molecule has 0 spiro atoms. The van der Waals surface area contributed by atoms with Crippen LogP contribution in [0, 0.1) is 0 Å². The van der Waals surface area contributed by atoms with Gasteiger partial charge in [-0.25, -0.2) is 4.79 Å². The van der Waals surface area contributed by atoms with Crippen LogP contribution >= 0.6 is 0 Å². The van der Waals surface area contributed by atoms with Gasteiger partial charge in [-0.15, -0.1) is 0 Å². The van der Waals surface area contributed by atoms with Crippen LogP contribution in [-0.4, -0.2) is 40.4 Å². The second-order valence-electron chi connectivity index (χ2n) is 4.34. The summed E-state index contributed by atoms with van der Waals surface area (Å²) >= 11 is 0. The summed E-state index contributed by atoms with van der Waals surface area (Å²) in [5, 5.41) is 0. The lowest BCUT2D eigenvalue weighted by Crippen LogP contribution is -2.42. The van der Waals surface area contributed by atoms with Gasteiger partial charge < -0.3 is 14.0 Å². The van der Waals surface area contributed by atoms with Gasteiger partial charge in [0.2, 0.25) is 0 Å². The van der Waals surface area contributed by atoms with E-state index in [1.807, 2.05) is 26.7 Å². The molecule has 0 aromatic carbocycles. The van der Waals surface area contributed by atoms with Crippen molar-refractivity contribution in [2.75, 3.05) is 13.7 Å². The number of methoxy groups -OCH3 is 1. The molecule has 1 atom stereocenters. The van der Waals surface area contributed by atoms with E-state index in [0.29, 0.717) is 18.0 Å². The van der Waals surface area contributed by atoms with Crippen molar-refractivity contribution in [3.05, 3.63) is 5.57 Å². The van der Waals surface area contributed by atoms with Crippen LogP contribution in [0.2, 0.25) is 18.1 Å². The normalized spacial score (nSPS) is 12.9. The van der Waals surface area contributed by atoms with Crippen molar-refractivity contribution < 1.29 is 18.8 Å². The maximum atomic E-state index is 10.9. The molecule has 0 saturated heterocycles. The van der Waals surface area contributed by atoms with Crippen molar-refractivity contribution in [1.29, 1.82) is 0 Å². The minimum Gasteiger partial charge on any atom is -0.409 e. The van der Waals surface area contributed by atoms with Gasteiger partial charge in [0.25, 0.3) is 0 Å². The Morgan fingerprint density at radius 2 is 1.94 bits per heavy atom. The molecule has 0 heterocycles. The smallest absolute Gasteiger partial charge is 0.200 e. The lowest BCUT2D eigenvalue weighted by atomic mass is 10.1. The molecule has 0 aromatic heterocycles. The molecule has 0 aliphatic carbocycles. The van der Waals surface area contributed by atoms with E-state index in [9.17, 15) is 9.59 Å². The minimum absolute atomic E-state index is 0.237. The van der Waals surface area contributed by atoms with Gasteiger partial charge >= 0.3 is 0 Å². The number of rotatable bonds is 10. The quantitative estimate of drug-likeness (QED) is 0.348. The van der Waals surface area contributed by atoms with Crippen molar-refractivity contribution in [3.8, 4) is 0 Å². The van der Waals surface area contributed by atoms with Crippen LogP contribution in [0.5, 0.6) is 0 Å². The van der Waals surface area contributed by atoms with Crippen LogP contribution in [0.1, 0.15) is 27.2 Å². The average molecular weight is 272 g/mol. The van der Waals surface area contributed by atoms with Gasteiger partial charge in [-0.1, -0.05) is 20.8 Å². The third-order valence-electron chi connectivity index (χ3n) is 3.33. The third kappa shape index (κ3) is 4.86. The topological polar surface area (TPSA) is 52.6 Å². The summed E-state index contributed by atoms with van der Waals surface area (Å²) in [6.45, 7) is 6.29. The number of carbonyl (C=O) groups is 1. The number of hydrogen-bond donors (Lipinski definition) is 0. The van der Waals surface area contributed by atoms with E-state index in [4.69, 9.17) is 9.16 Å². The van der Waals surface area contributed by atoms with Crippen molar-refractivity contribution >= 4 is 20.5 Å². The van der Waals surface area contributed by atoms with Crippen molar-refractivity contribution in [3.63, 3.8) is 0 Å². The van der Waals surface area contributed by atoms with E-state index in [0.717, 1.165) is 18.4 Å². The number of aldehydes is 1. The fourth-order valence-corrected chi connectivity index (χ4v) is 4.67. The molecule has 0 rings (SSSR count). The average Bonchev–Trinajstić information content (AvgIpc) is 2.41. The summed E-state index contributed by atoms with van der Waals surface area (Å²) < 4.78 is 11.1. The highest BCUT2D eigenvalue weighted by Crippen LogP contribution is 2.25. The lowest BCUT2D eigenvalue weighted by molar-refractivity contribution is -0.106. The van der Waals surface area contributed by atoms with E-state index in [1.165, 1.54) is 0 Å². The van der Waals surface area contributed by atoms with E-state index >= 15 is 0 Å². The Labute approximate surface area is 110 Å². The first-order valence-corrected chi connectivity index (χ1v) is 9.00. The summed E-state index contributed by atoms with van der Waals surface area (Å²) in [7, 11) is -0.517. The predicted octanol–water partition coefficient (Wildman–Crippen LogP) is 2.37. The maximum Gasteiger partial charge on any atom is 0.200 e. The first-order valence-electron chi connectivity index (χ1n) is 6.47. The second kappa shape index (κ2) is 9.22. The van der Waals surface area contributed by atoms with Gasteiger partial charge in [0.1, 0.15) is 12.2 Å². The van der Waals surface area contributed by atoms with Gasteiger partial charge in [-0.3, -0.25) is 0 Å². The molecule has 5 heteroatoms. The Morgan fingerprint density at radius 1 is 1.33 bits per heavy atom. The molecule has 0 radical (unpaired) electrons. The van der Waals surface area contributed by atoms with E-state index in [1.54, 1.807) is 7.11 Å².